The van der Waals surface area contributed by atoms with Crippen molar-refractivity contribution >= 4 is 5.97 Å². The molecule has 0 unspecified atom stereocenters. The number of rotatable bonds is 2. The molecule has 6 heteroatoms. The zero-order chi connectivity index (χ0) is 13.5. The van der Waals surface area contributed by atoms with E-state index in [9.17, 15) is 28.2 Å². The van der Waals surface area contributed by atoms with E-state index in [1.165, 1.54) is 13.8 Å². The Kier molecular flexibility index (Phi) is 3.49. The van der Waals surface area contributed by atoms with Gasteiger partial charge in [0.15, 0.2) is 0 Å². The number of hydrogen-bond acceptors (Lipinski definition) is 2. The summed E-state index contributed by atoms with van der Waals surface area (Å²) in [5.41, 5.74) is -2.98. The van der Waals surface area contributed by atoms with Crippen LogP contribution in [0.4, 0.5) is 13.2 Å². The van der Waals surface area contributed by atoms with E-state index in [0.29, 0.717) is 0 Å². The fraction of sp³-hybridized carbons (Fsp3) is 0.909. The Morgan fingerprint density at radius 3 is 1.88 bits per heavy atom. The van der Waals surface area contributed by atoms with Gasteiger partial charge in [-0.15, -0.1) is 0 Å². The highest BCUT2D eigenvalue weighted by Crippen LogP contribution is 2.50. The number of carboxylic acid groups (broad SMARTS) is 1. The highest BCUT2D eigenvalue weighted by atomic mass is 19.4. The highest BCUT2D eigenvalue weighted by Gasteiger charge is 2.55. The van der Waals surface area contributed by atoms with Gasteiger partial charge in [0.1, 0.15) is 0 Å². The minimum absolute atomic E-state index is 0.143. The van der Waals surface area contributed by atoms with Crippen molar-refractivity contribution in [1.82, 2.24) is 0 Å². The number of carbonyl (C=O) groups is 1. The van der Waals surface area contributed by atoms with Crippen LogP contribution in [0.1, 0.15) is 39.5 Å². The monoisotopic (exact) mass is 254 g/mol. The van der Waals surface area contributed by atoms with E-state index in [1.54, 1.807) is 0 Å². The minimum Gasteiger partial charge on any atom is -0.481 e. The smallest absolute Gasteiger partial charge is 0.391 e. The SMILES string of the molecule is CC(C)(O)C1(C(=O)O)CCC(C(F)(F)F)CC1. The fourth-order valence-corrected chi connectivity index (χ4v) is 2.53. The molecule has 0 aliphatic heterocycles. The maximum absolute atomic E-state index is 12.5. The first kappa shape index (κ1) is 14.3. The number of alkyl halides is 3. The van der Waals surface area contributed by atoms with E-state index < -0.39 is 29.1 Å². The van der Waals surface area contributed by atoms with Crippen molar-refractivity contribution in [2.24, 2.45) is 11.3 Å². The van der Waals surface area contributed by atoms with Gasteiger partial charge in [0, 0.05) is 0 Å². The Balaban J connectivity index is 2.87. The minimum atomic E-state index is -4.27. The van der Waals surface area contributed by atoms with Crippen molar-refractivity contribution in [3.63, 3.8) is 0 Å². The lowest BCUT2D eigenvalue weighted by atomic mass is 9.62. The molecule has 0 heterocycles. The Labute approximate surface area is 97.6 Å². The predicted octanol–water partition coefficient (Wildman–Crippen LogP) is 2.58. The summed E-state index contributed by atoms with van der Waals surface area (Å²) in [6, 6.07) is 0. The molecule has 0 aromatic heterocycles. The van der Waals surface area contributed by atoms with Crippen LogP contribution in [0.25, 0.3) is 0 Å². The van der Waals surface area contributed by atoms with Crippen LogP contribution in [0.2, 0.25) is 0 Å². The van der Waals surface area contributed by atoms with E-state index in [4.69, 9.17) is 0 Å². The molecule has 0 aromatic rings. The lowest BCUT2D eigenvalue weighted by molar-refractivity contribution is -0.204. The zero-order valence-electron chi connectivity index (χ0n) is 9.84. The third-order valence-electron chi connectivity index (χ3n) is 3.88. The Morgan fingerprint density at radius 2 is 1.65 bits per heavy atom. The van der Waals surface area contributed by atoms with Crippen LogP contribution in [0.3, 0.4) is 0 Å². The second-order valence-corrected chi connectivity index (χ2v) is 5.26. The summed E-state index contributed by atoms with van der Waals surface area (Å²) in [5, 5.41) is 19.1. The third-order valence-corrected chi connectivity index (χ3v) is 3.88. The molecule has 2 N–H and O–H groups in total. The maximum atomic E-state index is 12.5. The van der Waals surface area contributed by atoms with Gasteiger partial charge in [0.2, 0.25) is 0 Å². The molecule has 1 aliphatic carbocycles. The quantitative estimate of drug-likeness (QED) is 0.796. The molecular weight excluding hydrogens is 237 g/mol. The Bertz CT molecular complexity index is 296. The lowest BCUT2D eigenvalue weighted by Gasteiger charge is -2.44. The number of carboxylic acids is 1. The van der Waals surface area contributed by atoms with Gasteiger partial charge in [-0.25, -0.2) is 0 Å². The van der Waals surface area contributed by atoms with Crippen LogP contribution in [0.15, 0.2) is 0 Å². The normalized spacial score (nSPS) is 31.3. The molecule has 1 fully saturated rings. The highest BCUT2D eigenvalue weighted by molar-refractivity contribution is 5.76. The molecule has 1 aliphatic rings. The van der Waals surface area contributed by atoms with Crippen LogP contribution in [0.5, 0.6) is 0 Å². The van der Waals surface area contributed by atoms with E-state index in [-0.39, 0.29) is 25.7 Å². The summed E-state index contributed by atoms with van der Waals surface area (Å²) < 4.78 is 37.4. The molecule has 1 rings (SSSR count). The molecule has 0 atom stereocenters. The summed E-state index contributed by atoms with van der Waals surface area (Å²) in [5.74, 6) is -2.66. The Hall–Kier alpha value is -0.780. The summed E-state index contributed by atoms with van der Waals surface area (Å²) in [4.78, 5) is 11.2. The van der Waals surface area contributed by atoms with Crippen molar-refractivity contribution in [3.05, 3.63) is 0 Å². The number of aliphatic hydroxyl groups is 1. The first-order valence-electron chi connectivity index (χ1n) is 5.53. The van der Waals surface area contributed by atoms with Gasteiger partial charge in [-0.05, 0) is 39.5 Å². The number of aliphatic carboxylic acids is 1. The molecule has 0 saturated heterocycles. The summed E-state index contributed by atoms with van der Waals surface area (Å²) >= 11 is 0. The largest absolute Gasteiger partial charge is 0.481 e. The van der Waals surface area contributed by atoms with Gasteiger partial charge in [0.05, 0.1) is 16.9 Å². The van der Waals surface area contributed by atoms with E-state index in [1.807, 2.05) is 0 Å². The first-order chi connectivity index (χ1) is 7.51. The molecular formula is C11H17F3O3. The Morgan fingerprint density at radius 1 is 1.24 bits per heavy atom. The van der Waals surface area contributed by atoms with Gasteiger partial charge in [-0.3, -0.25) is 4.79 Å². The molecule has 0 bridgehead atoms. The lowest BCUT2D eigenvalue weighted by Crippen LogP contribution is -2.52. The number of hydrogen-bond donors (Lipinski definition) is 2. The molecule has 0 amide bonds. The van der Waals surface area contributed by atoms with Crippen LogP contribution < -0.4 is 0 Å². The van der Waals surface area contributed by atoms with Crippen LogP contribution in [0, 0.1) is 11.3 Å². The molecule has 0 radical (unpaired) electrons. The number of halogens is 3. The second-order valence-electron chi connectivity index (χ2n) is 5.26. The fourth-order valence-electron chi connectivity index (χ4n) is 2.53. The average molecular weight is 254 g/mol. The second kappa shape index (κ2) is 4.15. The van der Waals surface area contributed by atoms with Gasteiger partial charge in [-0.1, -0.05) is 0 Å². The van der Waals surface area contributed by atoms with Gasteiger partial charge in [0.25, 0.3) is 0 Å². The van der Waals surface area contributed by atoms with Crippen molar-refractivity contribution in [2.45, 2.75) is 51.3 Å². The molecule has 1 saturated carbocycles. The third kappa shape index (κ3) is 2.56. The first-order valence-corrected chi connectivity index (χ1v) is 5.53. The standard InChI is InChI=1S/C11H17F3O3/c1-9(2,17)10(8(15)16)5-3-7(4-6-10)11(12,13)14/h7,17H,3-6H2,1-2H3,(H,15,16). The maximum Gasteiger partial charge on any atom is 0.391 e. The summed E-state index contributed by atoms with van der Waals surface area (Å²) in [6.07, 6.45) is -5.03. The zero-order valence-corrected chi connectivity index (χ0v) is 9.84. The molecule has 3 nitrogen and oxygen atoms in total. The topological polar surface area (TPSA) is 57.5 Å². The predicted molar refractivity (Wildman–Crippen MR) is 54.4 cm³/mol. The molecule has 17 heavy (non-hydrogen) atoms. The molecule has 0 spiro atoms. The average Bonchev–Trinajstić information content (AvgIpc) is 2.14. The summed E-state index contributed by atoms with van der Waals surface area (Å²) in [7, 11) is 0. The van der Waals surface area contributed by atoms with Gasteiger partial charge < -0.3 is 10.2 Å². The van der Waals surface area contributed by atoms with Crippen molar-refractivity contribution < 1.29 is 28.2 Å². The van der Waals surface area contributed by atoms with Crippen LogP contribution in [-0.4, -0.2) is 28.0 Å². The summed E-state index contributed by atoms with van der Waals surface area (Å²) in [6.45, 7) is 2.68. The van der Waals surface area contributed by atoms with Crippen LogP contribution in [-0.2, 0) is 4.79 Å². The van der Waals surface area contributed by atoms with Crippen molar-refractivity contribution in [3.8, 4) is 0 Å². The molecule has 0 aromatic carbocycles. The van der Waals surface area contributed by atoms with Crippen molar-refractivity contribution in [2.75, 3.05) is 0 Å². The van der Waals surface area contributed by atoms with E-state index in [2.05, 4.69) is 0 Å². The van der Waals surface area contributed by atoms with Crippen LogP contribution >= 0.6 is 0 Å². The van der Waals surface area contributed by atoms with E-state index in [0.717, 1.165) is 0 Å². The van der Waals surface area contributed by atoms with Crippen molar-refractivity contribution in [1.29, 1.82) is 0 Å². The van der Waals surface area contributed by atoms with Gasteiger partial charge >= 0.3 is 12.1 Å². The molecule has 100 valence electrons. The van der Waals surface area contributed by atoms with Gasteiger partial charge in [-0.2, -0.15) is 13.2 Å². The van der Waals surface area contributed by atoms with E-state index >= 15 is 0 Å².